The van der Waals surface area contributed by atoms with Gasteiger partial charge in [-0.1, -0.05) is 0 Å². The Hall–Kier alpha value is -2.05. The fraction of sp³-hybridized carbons (Fsp3) is 0.389. The molecule has 0 aromatic heterocycles. The number of nitrogens with zero attached hydrogens (tertiary/aromatic N) is 3. The largest absolute Gasteiger partial charge is 0.461 e. The lowest BCUT2D eigenvalue weighted by molar-refractivity contribution is -0.384. The Morgan fingerprint density at radius 3 is 2.56 bits per heavy atom. The molecule has 0 bridgehead atoms. The Balaban J connectivity index is 1.91. The van der Waals surface area contributed by atoms with Crippen molar-refractivity contribution in [1.82, 2.24) is 4.90 Å². The van der Waals surface area contributed by atoms with Crippen molar-refractivity contribution in [1.29, 1.82) is 0 Å². The summed E-state index contributed by atoms with van der Waals surface area (Å²) in [5, 5.41) is 10.2. The van der Waals surface area contributed by atoms with Gasteiger partial charge in [-0.2, -0.15) is 0 Å². The van der Waals surface area contributed by atoms with Crippen LogP contribution in [0.3, 0.4) is 0 Å². The fourth-order valence-corrected chi connectivity index (χ4v) is 7.02. The molecule has 2 aliphatic heterocycles. The maximum Gasteiger partial charge on any atom is 0.377 e. The van der Waals surface area contributed by atoms with Gasteiger partial charge in [-0.3, -0.25) is 34.2 Å². The minimum absolute atomic E-state index is 0.0399. The summed E-state index contributed by atoms with van der Waals surface area (Å²) in [6.45, 7) is 1.09. The van der Waals surface area contributed by atoms with Crippen LogP contribution in [0.25, 0.3) is 0 Å². The molecule has 2 atom stereocenters. The maximum absolute atomic E-state index is 13.2. The molecular formula is C18H19BrN3O8PS. The molecule has 11 nitrogen and oxygen atoms in total. The van der Waals surface area contributed by atoms with Gasteiger partial charge in [-0.05, 0) is 33.6 Å². The minimum Gasteiger partial charge on any atom is -0.461 e. The van der Waals surface area contributed by atoms with E-state index in [1.54, 1.807) is 0 Å². The van der Waals surface area contributed by atoms with E-state index >= 15 is 0 Å². The highest BCUT2D eigenvalue weighted by Gasteiger charge is 2.65. The zero-order valence-electron chi connectivity index (χ0n) is 17.2. The van der Waals surface area contributed by atoms with Crippen LogP contribution in [0.4, 0.5) is 5.69 Å². The van der Waals surface area contributed by atoms with Gasteiger partial charge in [0.05, 0.1) is 4.92 Å². The molecule has 0 spiro atoms. The lowest BCUT2D eigenvalue weighted by Gasteiger charge is -2.53. The molecule has 0 radical (unpaired) electrons. The minimum atomic E-state index is -3.86. The van der Waals surface area contributed by atoms with Gasteiger partial charge in [0.15, 0.2) is 0 Å². The number of ether oxygens (including phenoxy) is 1. The standard InChI is InChI=1S/C18H19BrN3O8PS/c1-11(23)30-9-13-10-32-17-18(19,16(24)21(17)15(13)31(27,28-2)29-3)20-8-12-4-6-14(7-5-12)22(25)26/h4-8,17H,9-10H2,1-3H3/t17-,18+/m0/s1. The lowest BCUT2D eigenvalue weighted by atomic mass is 10.1. The molecule has 0 N–H and O–H groups in total. The molecule has 0 aliphatic carbocycles. The van der Waals surface area contributed by atoms with Crippen LogP contribution in [-0.4, -0.2) is 64.3 Å². The van der Waals surface area contributed by atoms with Crippen LogP contribution < -0.4 is 0 Å². The number of amides is 1. The predicted octanol–water partition coefficient (Wildman–Crippen LogP) is 3.28. The number of fused-ring (bicyclic) bond motifs is 1. The van der Waals surface area contributed by atoms with Crippen molar-refractivity contribution in [2.24, 2.45) is 4.99 Å². The summed E-state index contributed by atoms with van der Waals surface area (Å²) < 4.78 is 27.2. The number of carbonyl (C=O) groups excluding carboxylic acids is 2. The first-order valence-electron chi connectivity index (χ1n) is 9.08. The summed E-state index contributed by atoms with van der Waals surface area (Å²) in [5.41, 5.74) is 0.982. The highest BCUT2D eigenvalue weighted by atomic mass is 79.9. The number of halogens is 1. The van der Waals surface area contributed by atoms with Crippen molar-refractivity contribution in [3.63, 3.8) is 0 Å². The third-order valence-corrected chi connectivity index (χ3v) is 9.41. The van der Waals surface area contributed by atoms with Gasteiger partial charge in [-0.15, -0.1) is 11.8 Å². The second-order valence-corrected chi connectivity index (χ2v) is 11.1. The van der Waals surface area contributed by atoms with Crippen molar-refractivity contribution in [2.45, 2.75) is 16.7 Å². The van der Waals surface area contributed by atoms with E-state index < -0.39 is 34.2 Å². The lowest BCUT2D eigenvalue weighted by Crippen LogP contribution is -2.69. The van der Waals surface area contributed by atoms with Gasteiger partial charge in [0.2, 0.25) is 4.45 Å². The maximum atomic E-state index is 13.2. The van der Waals surface area contributed by atoms with Crippen molar-refractivity contribution < 1.29 is 32.9 Å². The number of nitro groups is 1. The second kappa shape index (κ2) is 9.44. The first-order chi connectivity index (χ1) is 15.1. The summed E-state index contributed by atoms with van der Waals surface area (Å²) in [6, 6.07) is 5.70. The monoisotopic (exact) mass is 547 g/mol. The molecule has 1 amide bonds. The van der Waals surface area contributed by atoms with Crippen LogP contribution in [-0.2, 0) is 27.9 Å². The van der Waals surface area contributed by atoms with Gasteiger partial charge in [0.25, 0.3) is 11.6 Å². The molecule has 14 heteroatoms. The summed E-state index contributed by atoms with van der Waals surface area (Å²) in [4.78, 5) is 40.3. The average Bonchev–Trinajstić information content (AvgIpc) is 2.79. The van der Waals surface area contributed by atoms with Gasteiger partial charge in [0, 0.05) is 50.8 Å². The first kappa shape index (κ1) is 24.6. The Bertz CT molecular complexity index is 1050. The summed E-state index contributed by atoms with van der Waals surface area (Å²) in [6.07, 6.45) is 1.43. The van der Waals surface area contributed by atoms with Crippen LogP contribution in [0.1, 0.15) is 12.5 Å². The molecule has 1 fully saturated rings. The Morgan fingerprint density at radius 2 is 2.03 bits per heavy atom. The second-order valence-electron chi connectivity index (χ2n) is 6.69. The van der Waals surface area contributed by atoms with Crippen molar-refractivity contribution >= 4 is 59.1 Å². The van der Waals surface area contributed by atoms with E-state index in [9.17, 15) is 24.3 Å². The molecule has 1 aromatic carbocycles. The van der Waals surface area contributed by atoms with Gasteiger partial charge >= 0.3 is 13.6 Å². The Labute approximate surface area is 196 Å². The SMILES string of the molecule is COP(=O)(OC)C1=C(COC(C)=O)CS[C@@H]2N1C(=O)[C@@]2(Br)N=Cc1ccc([N+](=O)[O-])cc1. The Kier molecular flexibility index (Phi) is 7.25. The Morgan fingerprint density at radius 1 is 1.41 bits per heavy atom. The number of non-ortho nitro benzene ring substituents is 1. The third kappa shape index (κ3) is 4.40. The van der Waals surface area contributed by atoms with E-state index in [-0.39, 0.29) is 17.7 Å². The number of carbonyl (C=O) groups is 2. The number of alkyl halides is 1. The van der Waals surface area contributed by atoms with E-state index in [1.165, 1.54) is 68.3 Å². The zero-order valence-corrected chi connectivity index (χ0v) is 20.5. The van der Waals surface area contributed by atoms with Crippen LogP contribution in [0, 0.1) is 10.1 Å². The van der Waals surface area contributed by atoms with Crippen LogP contribution >= 0.6 is 35.3 Å². The number of rotatable bonds is 8. The van der Waals surface area contributed by atoms with E-state index in [0.29, 0.717) is 16.9 Å². The molecule has 0 unspecified atom stereocenters. The third-order valence-electron chi connectivity index (χ3n) is 4.74. The summed E-state index contributed by atoms with van der Waals surface area (Å²) in [7, 11) is -1.45. The summed E-state index contributed by atoms with van der Waals surface area (Å²) in [5.74, 6) is -0.725. The predicted molar refractivity (Wildman–Crippen MR) is 121 cm³/mol. The van der Waals surface area contributed by atoms with Crippen LogP contribution in [0.15, 0.2) is 40.3 Å². The van der Waals surface area contributed by atoms with E-state index in [1.807, 2.05) is 0 Å². The van der Waals surface area contributed by atoms with E-state index in [4.69, 9.17) is 13.8 Å². The van der Waals surface area contributed by atoms with Gasteiger partial charge in [0.1, 0.15) is 17.4 Å². The van der Waals surface area contributed by atoms with E-state index in [2.05, 4.69) is 20.9 Å². The normalized spacial score (nSPS) is 23.2. The molecule has 0 saturated carbocycles. The topological polar surface area (TPSA) is 138 Å². The fourth-order valence-electron chi connectivity index (χ4n) is 3.13. The number of thioether (sulfide) groups is 1. The quantitative estimate of drug-likeness (QED) is 0.0700. The van der Waals surface area contributed by atoms with Crippen molar-refractivity contribution in [2.75, 3.05) is 26.6 Å². The number of hydrogen-bond acceptors (Lipinski definition) is 10. The molecular weight excluding hydrogens is 529 g/mol. The number of hydrogen-bond donors (Lipinski definition) is 0. The van der Waals surface area contributed by atoms with E-state index in [0.717, 1.165) is 0 Å². The first-order valence-corrected chi connectivity index (χ1v) is 12.5. The summed E-state index contributed by atoms with van der Waals surface area (Å²) >= 11 is 4.73. The molecule has 32 heavy (non-hydrogen) atoms. The number of aliphatic imine (C=N–C) groups is 1. The molecule has 1 aromatic rings. The van der Waals surface area contributed by atoms with Gasteiger partial charge < -0.3 is 13.8 Å². The van der Waals surface area contributed by atoms with Crippen LogP contribution in [0.5, 0.6) is 0 Å². The molecule has 1 saturated heterocycles. The zero-order chi connectivity index (χ0) is 23.7. The van der Waals surface area contributed by atoms with Crippen LogP contribution in [0.2, 0.25) is 0 Å². The number of nitro benzene ring substituents is 1. The number of esters is 1. The molecule has 2 aliphatic rings. The number of β-lactam (4-membered cyclic amide) rings is 1. The average molecular weight is 548 g/mol. The van der Waals surface area contributed by atoms with Crippen molar-refractivity contribution in [3.8, 4) is 0 Å². The molecule has 172 valence electrons. The highest BCUT2D eigenvalue weighted by molar-refractivity contribution is 9.10. The van der Waals surface area contributed by atoms with Crippen molar-refractivity contribution in [3.05, 3.63) is 51.0 Å². The smallest absolute Gasteiger partial charge is 0.377 e. The number of benzene rings is 1. The highest BCUT2D eigenvalue weighted by Crippen LogP contribution is 2.64. The molecule has 3 rings (SSSR count). The van der Waals surface area contributed by atoms with Gasteiger partial charge in [-0.25, -0.2) is 0 Å². The molecule has 2 heterocycles.